The molecule has 0 N–H and O–H groups in total. The molecule has 1 heterocycles. The topological polar surface area (TPSA) is 57.5 Å². The SMILES string of the molecule is CCOS(C)(CCCSCc1cccn(CC(=O)OC)c1=O)[I-]C. The van der Waals surface area contributed by atoms with Gasteiger partial charge in [-0.1, -0.05) is 0 Å². The molecule has 1 aromatic heterocycles. The molecule has 24 heavy (non-hydrogen) atoms. The molecule has 0 bridgehead atoms. The van der Waals surface area contributed by atoms with Gasteiger partial charge in [0.05, 0.1) is 7.11 Å². The molecule has 5 nitrogen and oxygen atoms in total. The van der Waals surface area contributed by atoms with E-state index in [4.69, 9.17) is 4.18 Å². The predicted octanol–water partition coefficient (Wildman–Crippen LogP) is -0.336. The Kier molecular flexibility index (Phi) is 10.4. The van der Waals surface area contributed by atoms with Crippen molar-refractivity contribution in [1.82, 2.24) is 4.57 Å². The summed E-state index contributed by atoms with van der Waals surface area (Å²) in [6, 6.07) is 3.63. The van der Waals surface area contributed by atoms with E-state index in [9.17, 15) is 9.59 Å². The molecule has 0 aromatic carbocycles. The molecule has 0 aliphatic rings. The third-order valence-corrected chi connectivity index (χ3v) is 14.5. The van der Waals surface area contributed by atoms with Gasteiger partial charge < -0.3 is 0 Å². The molecular formula is C16H27INO4S2-. The zero-order valence-corrected chi connectivity index (χ0v) is 18.5. The number of esters is 1. The summed E-state index contributed by atoms with van der Waals surface area (Å²) >= 11 is 1.88. The molecular weight excluding hydrogens is 461 g/mol. The van der Waals surface area contributed by atoms with Crippen molar-refractivity contribution >= 4 is 25.2 Å². The molecule has 0 radical (unpaired) electrons. The summed E-state index contributed by atoms with van der Waals surface area (Å²) in [5.74, 6) is 2.43. The second kappa shape index (κ2) is 11.4. The van der Waals surface area contributed by atoms with Crippen molar-refractivity contribution in [3.05, 3.63) is 34.2 Å². The van der Waals surface area contributed by atoms with Gasteiger partial charge in [0.25, 0.3) is 0 Å². The van der Waals surface area contributed by atoms with Crippen LogP contribution in [0.3, 0.4) is 0 Å². The Morgan fingerprint density at radius 1 is 1.46 bits per heavy atom. The van der Waals surface area contributed by atoms with Crippen molar-refractivity contribution in [3.63, 3.8) is 0 Å². The number of hydrogen-bond acceptors (Lipinski definition) is 5. The van der Waals surface area contributed by atoms with E-state index in [1.807, 2.05) is 6.07 Å². The molecule has 8 heteroatoms. The zero-order valence-electron chi connectivity index (χ0n) is 14.7. The van der Waals surface area contributed by atoms with E-state index in [0.29, 0.717) is 5.75 Å². The van der Waals surface area contributed by atoms with Gasteiger partial charge in [0.2, 0.25) is 0 Å². The molecule has 0 fully saturated rings. The molecule has 0 spiro atoms. The fourth-order valence-corrected chi connectivity index (χ4v) is 8.46. The average molecular weight is 488 g/mol. The molecule has 1 unspecified atom stereocenters. The fraction of sp³-hybridized carbons (Fsp3) is 0.625. The fourth-order valence-electron chi connectivity index (χ4n) is 2.05. The number of ether oxygens (including phenoxy) is 1. The normalized spacial score (nSPS) is 15.0. The number of nitrogens with zero attached hydrogens (tertiary/aromatic N) is 1. The number of thioether (sulfide) groups is 1. The summed E-state index contributed by atoms with van der Waals surface area (Å²) < 4.78 is 12.0. The number of methoxy groups -OCH3 is 1. The second-order valence-electron chi connectivity index (χ2n) is 5.11. The van der Waals surface area contributed by atoms with Crippen LogP contribution in [0.15, 0.2) is 23.1 Å². The van der Waals surface area contributed by atoms with E-state index in [0.717, 1.165) is 30.1 Å². The molecule has 0 aliphatic heterocycles. The van der Waals surface area contributed by atoms with Crippen LogP contribution >= 0.6 is 19.2 Å². The van der Waals surface area contributed by atoms with Crippen molar-refractivity contribution in [2.24, 2.45) is 0 Å². The van der Waals surface area contributed by atoms with Crippen molar-refractivity contribution in [1.29, 1.82) is 0 Å². The van der Waals surface area contributed by atoms with Gasteiger partial charge in [-0.05, 0) is 0 Å². The van der Waals surface area contributed by atoms with Gasteiger partial charge in [0.1, 0.15) is 0 Å². The first-order valence-electron chi connectivity index (χ1n) is 7.70. The number of pyridine rings is 1. The first kappa shape index (κ1) is 21.9. The van der Waals surface area contributed by atoms with E-state index >= 15 is 0 Å². The van der Waals surface area contributed by atoms with Gasteiger partial charge in [-0.25, -0.2) is 0 Å². The van der Waals surface area contributed by atoms with Gasteiger partial charge in [0, 0.05) is 0 Å². The summed E-state index contributed by atoms with van der Waals surface area (Å²) in [5.41, 5.74) is 0.619. The van der Waals surface area contributed by atoms with Gasteiger partial charge in [0.15, 0.2) is 0 Å². The Labute approximate surface area is 159 Å². The summed E-state index contributed by atoms with van der Waals surface area (Å²) in [7, 11) is 0.499. The number of aromatic nitrogens is 1. The third kappa shape index (κ3) is 7.37. The maximum atomic E-state index is 12.3. The number of halogens is 1. The van der Waals surface area contributed by atoms with E-state index in [1.54, 1.807) is 24.0 Å². The second-order valence-corrected chi connectivity index (χ2v) is 17.2. The van der Waals surface area contributed by atoms with Gasteiger partial charge >= 0.3 is 153 Å². The van der Waals surface area contributed by atoms with Gasteiger partial charge in [-0.3, -0.25) is 0 Å². The molecule has 1 aromatic rings. The monoisotopic (exact) mass is 488 g/mol. The minimum atomic E-state index is -0.824. The van der Waals surface area contributed by atoms with Crippen LogP contribution < -0.4 is 25.4 Å². The van der Waals surface area contributed by atoms with E-state index in [-0.39, 0.29) is 31.9 Å². The Hall–Kier alpha value is -0.190. The summed E-state index contributed by atoms with van der Waals surface area (Å²) in [5, 5.41) is 0. The number of carbonyl (C=O) groups is 1. The van der Waals surface area contributed by atoms with Crippen LogP contribution in [-0.2, 0) is 26.0 Å². The van der Waals surface area contributed by atoms with Crippen LogP contribution in [0.5, 0.6) is 0 Å². The van der Waals surface area contributed by atoms with Crippen LogP contribution in [0, 0.1) is 0 Å². The van der Waals surface area contributed by atoms with Crippen LogP contribution in [0.25, 0.3) is 0 Å². The predicted molar refractivity (Wildman–Crippen MR) is 99.4 cm³/mol. The Morgan fingerprint density at radius 2 is 2.21 bits per heavy atom. The van der Waals surface area contributed by atoms with Crippen molar-refractivity contribution in [3.8, 4) is 0 Å². The summed E-state index contributed by atoms with van der Waals surface area (Å²) in [6.45, 7) is 2.83. The zero-order chi connectivity index (χ0) is 18.0. The Balaban J connectivity index is 2.47. The van der Waals surface area contributed by atoms with Crippen LogP contribution in [0.1, 0.15) is 18.9 Å². The molecule has 1 atom stereocenters. The average Bonchev–Trinajstić information content (AvgIpc) is 2.57. The molecule has 1 rings (SSSR count). The van der Waals surface area contributed by atoms with Gasteiger partial charge in [-0.15, -0.1) is 0 Å². The van der Waals surface area contributed by atoms with Crippen LogP contribution in [-0.4, -0.2) is 46.9 Å². The van der Waals surface area contributed by atoms with Crippen molar-refractivity contribution in [2.75, 3.05) is 36.4 Å². The summed E-state index contributed by atoms with van der Waals surface area (Å²) in [4.78, 5) is 25.9. The van der Waals surface area contributed by atoms with Gasteiger partial charge in [-0.2, -0.15) is 0 Å². The number of carbonyl (C=O) groups excluding carboxylic acids is 1. The third-order valence-electron chi connectivity index (χ3n) is 3.37. The van der Waals surface area contributed by atoms with E-state index in [1.165, 1.54) is 11.7 Å². The standard InChI is InChI=1S/C16H27INO4S2/c1-5-22-24(4,17-2)11-7-10-23-13-14-8-6-9-18(16(14)20)12-15(19)21-3/h6,8-9H,5,7,10-13H2,1-4H3/q-1. The molecule has 140 valence electrons. The summed E-state index contributed by atoms with van der Waals surface area (Å²) in [6.07, 6.45) is 5.03. The first-order valence-corrected chi connectivity index (χ1v) is 15.7. The maximum absolute atomic E-state index is 12.3. The molecule has 0 amide bonds. The van der Waals surface area contributed by atoms with E-state index < -0.39 is 13.4 Å². The quantitative estimate of drug-likeness (QED) is 0.185. The van der Waals surface area contributed by atoms with E-state index in [2.05, 4.69) is 22.8 Å². The molecule has 0 saturated carbocycles. The van der Waals surface area contributed by atoms with Crippen LogP contribution in [0.2, 0.25) is 0 Å². The number of alkyl halides is 1. The number of hydrogen-bond donors (Lipinski definition) is 0. The van der Waals surface area contributed by atoms with Crippen LogP contribution in [0.4, 0.5) is 0 Å². The van der Waals surface area contributed by atoms with Crippen molar-refractivity contribution in [2.45, 2.75) is 25.6 Å². The molecule has 0 aliphatic carbocycles. The first-order chi connectivity index (χ1) is 11.5. The Bertz CT molecular complexity index is 581. The molecule has 0 saturated heterocycles. The Morgan fingerprint density at radius 3 is 2.83 bits per heavy atom. The number of rotatable bonds is 11. The minimum absolute atomic E-state index is 0.0376. The van der Waals surface area contributed by atoms with Crippen molar-refractivity contribution < 1.29 is 33.5 Å².